The molecule has 0 aliphatic carbocycles. The fraction of sp³-hybridized carbons (Fsp3) is 0.267. The van der Waals surface area contributed by atoms with E-state index in [4.69, 9.17) is 5.11 Å². The quantitative estimate of drug-likeness (QED) is 0.484. The number of carbonyl (C=O) groups is 1. The van der Waals surface area contributed by atoms with Gasteiger partial charge in [-0.15, -0.1) is 0 Å². The molecular weight excluding hydrogens is 345 g/mol. The van der Waals surface area contributed by atoms with Crippen molar-refractivity contribution in [2.45, 2.75) is 25.9 Å². The van der Waals surface area contributed by atoms with E-state index in [1.165, 1.54) is 19.9 Å². The number of alkyl halides is 3. The number of benzene rings is 1. The number of carboxylic acid groups (broad SMARTS) is 1. The molecule has 1 heterocycles. The van der Waals surface area contributed by atoms with E-state index in [2.05, 4.69) is 10.1 Å². The SMILES string of the molecule is CC1=C(OC(=O)O)C(c2ccccc2C(F)(F)F)C([N+](=O)[O-])=C(C)N1. The molecule has 134 valence electrons. The Morgan fingerprint density at radius 2 is 1.88 bits per heavy atom. The summed E-state index contributed by atoms with van der Waals surface area (Å²) < 4.78 is 44.6. The van der Waals surface area contributed by atoms with Crippen LogP contribution < -0.4 is 5.32 Å². The summed E-state index contributed by atoms with van der Waals surface area (Å²) in [6.07, 6.45) is -6.56. The van der Waals surface area contributed by atoms with Crippen LogP contribution >= 0.6 is 0 Å². The molecule has 0 saturated heterocycles. The lowest BCUT2D eigenvalue weighted by molar-refractivity contribution is -0.431. The van der Waals surface area contributed by atoms with Crippen molar-refractivity contribution in [3.8, 4) is 0 Å². The molecule has 0 bridgehead atoms. The van der Waals surface area contributed by atoms with Crippen molar-refractivity contribution in [3.05, 3.63) is 68.4 Å². The molecule has 1 aromatic rings. The number of nitrogens with one attached hydrogen (secondary N) is 1. The summed E-state index contributed by atoms with van der Waals surface area (Å²) in [5.41, 5.74) is -2.10. The van der Waals surface area contributed by atoms with Gasteiger partial charge >= 0.3 is 12.3 Å². The number of allylic oxidation sites excluding steroid dienone is 2. The molecule has 1 aliphatic rings. The molecule has 25 heavy (non-hydrogen) atoms. The molecule has 1 aromatic carbocycles. The maximum atomic E-state index is 13.3. The van der Waals surface area contributed by atoms with E-state index in [-0.39, 0.29) is 11.4 Å². The minimum atomic E-state index is -4.78. The van der Waals surface area contributed by atoms with Crippen molar-refractivity contribution < 1.29 is 32.7 Å². The Morgan fingerprint density at radius 3 is 2.40 bits per heavy atom. The summed E-state index contributed by atoms with van der Waals surface area (Å²) in [5.74, 6) is -2.09. The maximum Gasteiger partial charge on any atom is 0.511 e. The molecule has 2 rings (SSSR count). The lowest BCUT2D eigenvalue weighted by atomic mass is 9.86. The van der Waals surface area contributed by atoms with Crippen LogP contribution in [0.25, 0.3) is 0 Å². The van der Waals surface area contributed by atoms with Crippen LogP contribution in [-0.2, 0) is 10.9 Å². The average molecular weight is 358 g/mol. The number of rotatable bonds is 3. The van der Waals surface area contributed by atoms with Crippen LogP contribution in [0.5, 0.6) is 0 Å². The van der Waals surface area contributed by atoms with Gasteiger partial charge in [0.25, 0.3) is 5.70 Å². The van der Waals surface area contributed by atoms with Gasteiger partial charge in [-0.25, -0.2) is 4.79 Å². The molecule has 10 heteroatoms. The van der Waals surface area contributed by atoms with Crippen LogP contribution in [0.4, 0.5) is 18.0 Å². The fourth-order valence-electron chi connectivity index (χ4n) is 2.73. The first kappa shape index (κ1) is 18.3. The lowest BCUT2D eigenvalue weighted by Gasteiger charge is -2.27. The molecule has 0 amide bonds. The van der Waals surface area contributed by atoms with Gasteiger partial charge in [0.15, 0.2) is 0 Å². The van der Waals surface area contributed by atoms with Crippen LogP contribution in [-0.4, -0.2) is 16.2 Å². The summed E-state index contributed by atoms with van der Waals surface area (Å²) >= 11 is 0. The molecule has 7 nitrogen and oxygen atoms in total. The Labute approximate surface area is 139 Å². The predicted molar refractivity (Wildman–Crippen MR) is 78.8 cm³/mol. The Balaban J connectivity index is 2.77. The molecule has 0 aromatic heterocycles. The van der Waals surface area contributed by atoms with Crippen LogP contribution in [0.1, 0.15) is 30.9 Å². The lowest BCUT2D eigenvalue weighted by Crippen LogP contribution is -2.30. The number of dihydropyridines is 1. The van der Waals surface area contributed by atoms with Crippen molar-refractivity contribution in [2.75, 3.05) is 0 Å². The minimum absolute atomic E-state index is 0.00205. The molecule has 0 radical (unpaired) electrons. The van der Waals surface area contributed by atoms with Crippen molar-refractivity contribution in [1.29, 1.82) is 0 Å². The van der Waals surface area contributed by atoms with Gasteiger partial charge in [-0.05, 0) is 25.5 Å². The predicted octanol–water partition coefficient (Wildman–Crippen LogP) is 3.83. The van der Waals surface area contributed by atoms with Gasteiger partial charge in [-0.2, -0.15) is 13.2 Å². The number of hydrogen-bond acceptors (Lipinski definition) is 5. The zero-order valence-electron chi connectivity index (χ0n) is 13.0. The van der Waals surface area contributed by atoms with Crippen LogP contribution in [0, 0.1) is 10.1 Å². The molecule has 0 saturated carbocycles. The Hall–Kier alpha value is -3.04. The van der Waals surface area contributed by atoms with Gasteiger partial charge in [0.2, 0.25) is 0 Å². The average Bonchev–Trinajstić information content (AvgIpc) is 2.48. The second-order valence-electron chi connectivity index (χ2n) is 5.27. The normalized spacial score (nSPS) is 18.0. The molecule has 2 N–H and O–H groups in total. The standard InChI is InChI=1S/C15H13F3N2O5/c1-7-12(20(23)24)11(13(8(2)19-7)25-14(21)22)9-5-3-4-6-10(9)15(16,17)18/h3-6,11,19H,1-2H3,(H,21,22). The zero-order chi connectivity index (χ0) is 18.9. The third-order valence-corrected chi connectivity index (χ3v) is 3.64. The summed E-state index contributed by atoms with van der Waals surface area (Å²) in [6.45, 7) is 2.68. The number of ether oxygens (including phenoxy) is 1. The Morgan fingerprint density at radius 1 is 1.28 bits per heavy atom. The van der Waals surface area contributed by atoms with E-state index in [1.54, 1.807) is 0 Å². The van der Waals surface area contributed by atoms with Crippen LogP contribution in [0.3, 0.4) is 0 Å². The van der Waals surface area contributed by atoms with Gasteiger partial charge in [0, 0.05) is 0 Å². The number of halogens is 3. The number of hydrogen-bond donors (Lipinski definition) is 2. The number of nitro groups is 1. The third kappa shape index (κ3) is 3.57. The summed E-state index contributed by atoms with van der Waals surface area (Å²) in [7, 11) is 0. The monoisotopic (exact) mass is 358 g/mol. The molecule has 1 aliphatic heterocycles. The third-order valence-electron chi connectivity index (χ3n) is 3.64. The van der Waals surface area contributed by atoms with Crippen molar-refractivity contribution >= 4 is 6.16 Å². The summed E-state index contributed by atoms with van der Waals surface area (Å²) in [5, 5.41) is 22.9. The second kappa shape index (κ2) is 6.46. The maximum absolute atomic E-state index is 13.3. The van der Waals surface area contributed by atoms with E-state index in [0.717, 1.165) is 18.2 Å². The number of nitrogens with zero attached hydrogens (tertiary/aromatic N) is 1. The first-order valence-electron chi connectivity index (χ1n) is 6.94. The minimum Gasteiger partial charge on any atom is -0.449 e. The highest BCUT2D eigenvalue weighted by atomic mass is 19.4. The molecule has 1 atom stereocenters. The smallest absolute Gasteiger partial charge is 0.449 e. The topological polar surface area (TPSA) is 102 Å². The van der Waals surface area contributed by atoms with E-state index < -0.39 is 45.8 Å². The van der Waals surface area contributed by atoms with Gasteiger partial charge < -0.3 is 15.2 Å². The van der Waals surface area contributed by atoms with Crippen molar-refractivity contribution in [1.82, 2.24) is 5.32 Å². The van der Waals surface area contributed by atoms with E-state index in [9.17, 15) is 28.1 Å². The Kier molecular flexibility index (Phi) is 4.73. The van der Waals surface area contributed by atoms with E-state index >= 15 is 0 Å². The summed E-state index contributed by atoms with van der Waals surface area (Å²) in [4.78, 5) is 21.5. The molecule has 0 spiro atoms. The van der Waals surface area contributed by atoms with Crippen LogP contribution in [0.15, 0.2) is 47.1 Å². The first-order chi connectivity index (χ1) is 11.5. The van der Waals surface area contributed by atoms with Crippen LogP contribution in [0.2, 0.25) is 0 Å². The molecular formula is C15H13F3N2O5. The van der Waals surface area contributed by atoms with Crippen molar-refractivity contribution in [3.63, 3.8) is 0 Å². The highest BCUT2D eigenvalue weighted by Crippen LogP contribution is 2.44. The second-order valence-corrected chi connectivity index (χ2v) is 5.27. The fourth-order valence-corrected chi connectivity index (χ4v) is 2.73. The van der Waals surface area contributed by atoms with Gasteiger partial charge in [-0.1, -0.05) is 18.2 Å². The van der Waals surface area contributed by atoms with Crippen molar-refractivity contribution in [2.24, 2.45) is 0 Å². The van der Waals surface area contributed by atoms with Gasteiger partial charge in [0.05, 0.1) is 21.9 Å². The summed E-state index contributed by atoms with van der Waals surface area (Å²) in [6, 6.07) is 4.27. The first-order valence-corrected chi connectivity index (χ1v) is 6.94. The van der Waals surface area contributed by atoms with E-state index in [0.29, 0.717) is 0 Å². The van der Waals surface area contributed by atoms with Gasteiger partial charge in [0.1, 0.15) is 11.7 Å². The largest absolute Gasteiger partial charge is 0.511 e. The highest BCUT2D eigenvalue weighted by Gasteiger charge is 2.44. The van der Waals surface area contributed by atoms with E-state index in [1.807, 2.05) is 0 Å². The molecule has 1 unspecified atom stereocenters. The van der Waals surface area contributed by atoms with Gasteiger partial charge in [-0.3, -0.25) is 10.1 Å². The highest BCUT2D eigenvalue weighted by molar-refractivity contribution is 5.60. The zero-order valence-corrected chi connectivity index (χ0v) is 13.0. The Bertz CT molecular complexity index is 799. The molecule has 0 fully saturated rings.